The fraction of sp³-hybridized carbons (Fsp3) is 0.0833. The minimum Gasteiger partial charge on any atom is -0.292 e. The smallest absolute Gasteiger partial charge is 0.292 e. The molecule has 1 aromatic heterocycles. The predicted octanol–water partition coefficient (Wildman–Crippen LogP) is 3.06. The van der Waals surface area contributed by atoms with Gasteiger partial charge < -0.3 is 0 Å². The number of hydrogen-bond acceptors (Lipinski definition) is 4. The minimum atomic E-state index is -4.51. The van der Waals surface area contributed by atoms with E-state index in [0.717, 1.165) is 12.1 Å². The molecule has 0 unspecified atom stereocenters. The molecule has 0 aliphatic rings. The molecule has 22 heavy (non-hydrogen) atoms. The zero-order valence-electron chi connectivity index (χ0n) is 10.7. The molecule has 1 heterocycles. The topological polar surface area (TPSA) is 71.1 Å². The third-order valence-electron chi connectivity index (χ3n) is 2.51. The van der Waals surface area contributed by atoms with Gasteiger partial charge in [-0.1, -0.05) is 17.7 Å². The van der Waals surface area contributed by atoms with Gasteiger partial charge in [-0.3, -0.25) is 5.43 Å². The van der Waals surface area contributed by atoms with Crippen molar-refractivity contribution in [2.45, 2.75) is 11.1 Å². The van der Waals surface area contributed by atoms with E-state index in [1.54, 1.807) is 0 Å². The van der Waals surface area contributed by atoms with Gasteiger partial charge in [-0.15, -0.1) is 4.83 Å². The summed E-state index contributed by atoms with van der Waals surface area (Å²) < 4.78 is 61.0. The van der Waals surface area contributed by atoms with Gasteiger partial charge in [0.25, 0.3) is 10.0 Å². The van der Waals surface area contributed by atoms with Crippen molar-refractivity contribution in [1.29, 1.82) is 0 Å². The molecular weight excluding hydrogens is 343 g/mol. The number of rotatable bonds is 4. The van der Waals surface area contributed by atoms with Crippen LogP contribution in [-0.4, -0.2) is 13.4 Å². The van der Waals surface area contributed by atoms with Crippen LogP contribution in [0.2, 0.25) is 5.02 Å². The standard InChI is InChI=1S/C12H9ClF3N3O2S/c13-9-2-1-3-10(6-9)22(20,21)19-18-11-5-4-8(7-17-11)12(14,15)16/h1-7,19H,(H,17,18). The third kappa shape index (κ3) is 4.09. The first kappa shape index (κ1) is 16.5. The van der Waals surface area contributed by atoms with Gasteiger partial charge in [-0.05, 0) is 30.3 Å². The summed E-state index contributed by atoms with van der Waals surface area (Å²) in [5, 5.41) is 0.232. The summed E-state index contributed by atoms with van der Waals surface area (Å²) in [6, 6.07) is 7.28. The maximum atomic E-state index is 12.4. The van der Waals surface area contributed by atoms with Crippen molar-refractivity contribution in [3.05, 3.63) is 53.2 Å². The highest BCUT2D eigenvalue weighted by Gasteiger charge is 2.30. The maximum Gasteiger partial charge on any atom is 0.417 e. The molecule has 0 amide bonds. The Balaban J connectivity index is 2.09. The highest BCUT2D eigenvalue weighted by atomic mass is 35.5. The maximum absolute atomic E-state index is 12.4. The average molecular weight is 352 g/mol. The number of nitrogens with zero attached hydrogens (tertiary/aromatic N) is 1. The van der Waals surface area contributed by atoms with Crippen LogP contribution < -0.4 is 10.3 Å². The van der Waals surface area contributed by atoms with Gasteiger partial charge in [0, 0.05) is 11.2 Å². The summed E-state index contributed by atoms with van der Waals surface area (Å²) in [4.78, 5) is 5.37. The Hall–Kier alpha value is -1.84. The van der Waals surface area contributed by atoms with Crippen molar-refractivity contribution in [2.24, 2.45) is 0 Å². The van der Waals surface area contributed by atoms with Gasteiger partial charge in [0.1, 0.15) is 5.82 Å². The van der Waals surface area contributed by atoms with Gasteiger partial charge in [0.2, 0.25) is 0 Å². The van der Waals surface area contributed by atoms with Crippen LogP contribution in [0.1, 0.15) is 5.56 Å². The zero-order chi connectivity index (χ0) is 16.4. The molecule has 2 rings (SSSR count). The quantitative estimate of drug-likeness (QED) is 0.830. The Morgan fingerprint density at radius 3 is 2.41 bits per heavy atom. The van der Waals surface area contributed by atoms with Gasteiger partial charge in [0.15, 0.2) is 0 Å². The molecule has 118 valence electrons. The summed E-state index contributed by atoms with van der Waals surface area (Å²) >= 11 is 5.70. The summed E-state index contributed by atoms with van der Waals surface area (Å²) in [5.74, 6) is -0.0846. The predicted molar refractivity (Wildman–Crippen MR) is 74.6 cm³/mol. The lowest BCUT2D eigenvalue weighted by molar-refractivity contribution is -0.137. The Labute approximate surface area is 129 Å². The molecule has 1 aromatic carbocycles. The molecular formula is C12H9ClF3N3O2S. The highest BCUT2D eigenvalue weighted by molar-refractivity contribution is 7.89. The van der Waals surface area contributed by atoms with E-state index < -0.39 is 21.8 Å². The number of sulfonamides is 1. The molecule has 0 fully saturated rings. The number of hydrazine groups is 1. The van der Waals surface area contributed by atoms with Crippen LogP contribution in [-0.2, 0) is 16.2 Å². The fourth-order valence-electron chi connectivity index (χ4n) is 1.45. The molecule has 0 spiro atoms. The van der Waals surface area contributed by atoms with E-state index in [-0.39, 0.29) is 15.7 Å². The highest BCUT2D eigenvalue weighted by Crippen LogP contribution is 2.28. The number of pyridine rings is 1. The second kappa shape index (κ2) is 6.11. The van der Waals surface area contributed by atoms with Crippen molar-refractivity contribution in [2.75, 3.05) is 5.43 Å². The Kier molecular flexibility index (Phi) is 4.59. The molecule has 0 saturated carbocycles. The van der Waals surface area contributed by atoms with Gasteiger partial charge >= 0.3 is 6.18 Å². The minimum absolute atomic E-state index is 0.0846. The monoisotopic (exact) mass is 351 g/mol. The van der Waals surface area contributed by atoms with Crippen LogP contribution in [0, 0.1) is 0 Å². The fourth-order valence-corrected chi connectivity index (χ4v) is 2.60. The van der Waals surface area contributed by atoms with E-state index in [2.05, 4.69) is 10.4 Å². The van der Waals surface area contributed by atoms with Crippen LogP contribution in [0.4, 0.5) is 19.0 Å². The molecule has 0 aliphatic heterocycles. The van der Waals surface area contributed by atoms with E-state index in [1.807, 2.05) is 4.83 Å². The first-order chi connectivity index (χ1) is 10.2. The third-order valence-corrected chi connectivity index (χ3v) is 3.99. The van der Waals surface area contributed by atoms with Gasteiger partial charge in [-0.2, -0.15) is 13.2 Å². The summed E-state index contributed by atoms with van der Waals surface area (Å²) in [7, 11) is -3.93. The van der Waals surface area contributed by atoms with E-state index in [9.17, 15) is 21.6 Å². The number of anilines is 1. The second-order valence-corrected chi connectivity index (χ2v) is 6.24. The lowest BCUT2D eigenvalue weighted by atomic mass is 10.3. The second-order valence-electron chi connectivity index (χ2n) is 4.12. The molecule has 0 bridgehead atoms. The van der Waals surface area contributed by atoms with E-state index in [0.29, 0.717) is 6.20 Å². The van der Waals surface area contributed by atoms with Crippen LogP contribution in [0.15, 0.2) is 47.5 Å². The van der Waals surface area contributed by atoms with Crippen molar-refractivity contribution >= 4 is 27.4 Å². The molecule has 0 saturated heterocycles. The normalized spacial score (nSPS) is 12.2. The summed E-state index contributed by atoms with van der Waals surface area (Å²) in [5.41, 5.74) is 1.29. The summed E-state index contributed by atoms with van der Waals surface area (Å²) in [6.07, 6.45) is -3.91. The van der Waals surface area contributed by atoms with Crippen molar-refractivity contribution < 1.29 is 21.6 Å². The van der Waals surface area contributed by atoms with E-state index in [1.165, 1.54) is 24.3 Å². The Morgan fingerprint density at radius 2 is 1.86 bits per heavy atom. The number of halogens is 4. The molecule has 5 nitrogen and oxygen atoms in total. The Bertz CT molecular complexity index is 764. The van der Waals surface area contributed by atoms with Crippen molar-refractivity contribution in [1.82, 2.24) is 9.82 Å². The van der Waals surface area contributed by atoms with Crippen LogP contribution in [0.25, 0.3) is 0 Å². The number of alkyl halides is 3. The first-order valence-electron chi connectivity index (χ1n) is 5.75. The van der Waals surface area contributed by atoms with Crippen LogP contribution in [0.3, 0.4) is 0 Å². The van der Waals surface area contributed by atoms with E-state index in [4.69, 9.17) is 11.6 Å². The number of hydrogen-bond donors (Lipinski definition) is 2. The first-order valence-corrected chi connectivity index (χ1v) is 7.61. The number of aromatic nitrogens is 1. The molecule has 2 aromatic rings. The lowest BCUT2D eigenvalue weighted by Gasteiger charge is -2.10. The average Bonchev–Trinajstić information content (AvgIpc) is 2.45. The zero-order valence-corrected chi connectivity index (χ0v) is 12.3. The van der Waals surface area contributed by atoms with Crippen LogP contribution >= 0.6 is 11.6 Å². The van der Waals surface area contributed by atoms with Crippen molar-refractivity contribution in [3.63, 3.8) is 0 Å². The molecule has 10 heteroatoms. The van der Waals surface area contributed by atoms with Gasteiger partial charge in [-0.25, -0.2) is 13.4 Å². The largest absolute Gasteiger partial charge is 0.417 e. The number of nitrogens with one attached hydrogen (secondary N) is 2. The molecule has 0 radical (unpaired) electrons. The Morgan fingerprint density at radius 1 is 1.14 bits per heavy atom. The van der Waals surface area contributed by atoms with E-state index >= 15 is 0 Å². The molecule has 0 aliphatic carbocycles. The summed E-state index contributed by atoms with van der Waals surface area (Å²) in [6.45, 7) is 0. The SMILES string of the molecule is O=S(=O)(NNc1ccc(C(F)(F)F)cn1)c1cccc(Cl)c1. The van der Waals surface area contributed by atoms with Crippen molar-refractivity contribution in [3.8, 4) is 0 Å². The van der Waals surface area contributed by atoms with Gasteiger partial charge in [0.05, 0.1) is 10.5 Å². The van der Waals surface area contributed by atoms with Crippen LogP contribution in [0.5, 0.6) is 0 Å². The lowest BCUT2D eigenvalue weighted by Crippen LogP contribution is -2.30. The molecule has 0 atom stereocenters. The molecule has 2 N–H and O–H groups in total. The number of benzene rings is 1.